The van der Waals surface area contributed by atoms with E-state index in [0.29, 0.717) is 11.3 Å². The number of alkyl halides is 3. The normalized spacial score (nSPS) is 19.3. The largest absolute Gasteiger partial charge is 0.416 e. The van der Waals surface area contributed by atoms with Gasteiger partial charge in [0.05, 0.1) is 24.5 Å². The highest BCUT2D eigenvalue weighted by atomic mass is 19.4. The van der Waals surface area contributed by atoms with E-state index in [2.05, 4.69) is 10.1 Å². The summed E-state index contributed by atoms with van der Waals surface area (Å²) < 4.78 is 50.1. The number of aromatic nitrogens is 3. The molecule has 1 saturated heterocycles. The second kappa shape index (κ2) is 7.18. The standard InChI is InChI=1S/C17H18F3N3O3/c1-16(7-25-11-26-8-16)15(24)14(23-10-21-9-22-23)6-12-2-4-13(5-3-12)17(18,19)20/h2-6,9-10,15,24H,7-8,11H2,1H3/b14-6+. The molecule has 1 fully saturated rings. The fourth-order valence-electron chi connectivity index (χ4n) is 2.72. The minimum atomic E-state index is -4.40. The number of aliphatic hydroxyl groups excluding tert-OH is 1. The van der Waals surface area contributed by atoms with Crippen molar-refractivity contribution < 1.29 is 27.8 Å². The molecule has 1 N–H and O–H groups in total. The molecule has 0 saturated carbocycles. The van der Waals surface area contributed by atoms with Crippen molar-refractivity contribution >= 4 is 11.8 Å². The summed E-state index contributed by atoms with van der Waals surface area (Å²) in [4.78, 5) is 3.87. The number of halogens is 3. The molecule has 2 aromatic rings. The van der Waals surface area contributed by atoms with Crippen LogP contribution in [0.2, 0.25) is 0 Å². The molecule has 1 aromatic carbocycles. The highest BCUT2D eigenvalue weighted by molar-refractivity contribution is 5.73. The summed E-state index contributed by atoms with van der Waals surface area (Å²) >= 11 is 0. The summed E-state index contributed by atoms with van der Waals surface area (Å²) in [5, 5.41) is 14.9. The molecule has 1 aliphatic rings. The van der Waals surface area contributed by atoms with E-state index >= 15 is 0 Å². The van der Waals surface area contributed by atoms with Gasteiger partial charge in [-0.2, -0.15) is 18.3 Å². The van der Waals surface area contributed by atoms with Gasteiger partial charge in [0.1, 0.15) is 25.6 Å². The quantitative estimate of drug-likeness (QED) is 0.897. The lowest BCUT2D eigenvalue weighted by Gasteiger charge is -2.37. The predicted octanol–water partition coefficient (Wildman–Crippen LogP) is 2.67. The second-order valence-electron chi connectivity index (χ2n) is 6.40. The Balaban J connectivity index is 1.95. The number of nitrogens with zero attached hydrogens (tertiary/aromatic N) is 3. The monoisotopic (exact) mass is 369 g/mol. The molecule has 3 rings (SSSR count). The van der Waals surface area contributed by atoms with Crippen LogP contribution in [0, 0.1) is 5.41 Å². The van der Waals surface area contributed by atoms with E-state index in [-0.39, 0.29) is 20.0 Å². The molecule has 1 aromatic heterocycles. The molecule has 0 bridgehead atoms. The minimum Gasteiger partial charge on any atom is -0.386 e. The Bertz CT molecular complexity index is 752. The van der Waals surface area contributed by atoms with E-state index in [9.17, 15) is 18.3 Å². The van der Waals surface area contributed by atoms with Crippen LogP contribution in [0.25, 0.3) is 11.8 Å². The van der Waals surface area contributed by atoms with E-state index in [1.54, 1.807) is 13.0 Å². The minimum absolute atomic E-state index is 0.156. The number of ether oxygens (including phenoxy) is 2. The second-order valence-corrected chi connectivity index (χ2v) is 6.40. The van der Waals surface area contributed by atoms with Crippen LogP contribution in [0.15, 0.2) is 36.9 Å². The van der Waals surface area contributed by atoms with Gasteiger partial charge in [-0.05, 0) is 23.8 Å². The van der Waals surface area contributed by atoms with E-state index in [0.717, 1.165) is 12.1 Å². The van der Waals surface area contributed by atoms with E-state index in [4.69, 9.17) is 9.47 Å². The topological polar surface area (TPSA) is 69.4 Å². The molecular formula is C17H18F3N3O3. The maximum Gasteiger partial charge on any atom is 0.416 e. The van der Waals surface area contributed by atoms with Crippen molar-refractivity contribution in [2.75, 3.05) is 20.0 Å². The van der Waals surface area contributed by atoms with E-state index in [1.807, 2.05) is 0 Å². The summed E-state index contributed by atoms with van der Waals surface area (Å²) in [7, 11) is 0. The van der Waals surface area contributed by atoms with Crippen LogP contribution < -0.4 is 0 Å². The molecular weight excluding hydrogens is 351 g/mol. The van der Waals surface area contributed by atoms with Crippen molar-refractivity contribution in [1.82, 2.24) is 14.8 Å². The first-order chi connectivity index (χ1) is 12.3. The van der Waals surface area contributed by atoms with Crippen molar-refractivity contribution in [3.05, 3.63) is 48.0 Å². The van der Waals surface area contributed by atoms with Crippen LogP contribution in [-0.2, 0) is 15.7 Å². The van der Waals surface area contributed by atoms with Gasteiger partial charge in [0, 0.05) is 5.41 Å². The third kappa shape index (κ3) is 3.95. The summed E-state index contributed by atoms with van der Waals surface area (Å²) in [6.45, 7) is 2.50. The smallest absolute Gasteiger partial charge is 0.386 e. The van der Waals surface area contributed by atoms with Crippen LogP contribution in [0.3, 0.4) is 0 Å². The average molecular weight is 369 g/mol. The van der Waals surface area contributed by atoms with Crippen LogP contribution >= 0.6 is 0 Å². The molecule has 140 valence electrons. The fraction of sp³-hybridized carbons (Fsp3) is 0.412. The van der Waals surface area contributed by atoms with E-state index in [1.165, 1.54) is 29.5 Å². The van der Waals surface area contributed by atoms with Crippen LogP contribution in [0.1, 0.15) is 18.1 Å². The number of hydrogen-bond donors (Lipinski definition) is 1. The van der Waals surface area contributed by atoms with Gasteiger partial charge >= 0.3 is 6.18 Å². The molecule has 9 heteroatoms. The molecule has 2 heterocycles. The Morgan fingerprint density at radius 1 is 1.27 bits per heavy atom. The summed E-state index contributed by atoms with van der Waals surface area (Å²) in [6.07, 6.45) is -1.15. The SMILES string of the molecule is CC1(C(O)/C(=C\c2ccc(C(F)(F)F)cc2)n2cncn2)COCOC1. The third-order valence-electron chi connectivity index (χ3n) is 4.21. The Morgan fingerprint density at radius 3 is 2.46 bits per heavy atom. The van der Waals surface area contributed by atoms with Gasteiger partial charge in [0.15, 0.2) is 0 Å². The van der Waals surface area contributed by atoms with Gasteiger partial charge in [0.2, 0.25) is 0 Å². The van der Waals surface area contributed by atoms with Crippen molar-refractivity contribution in [2.24, 2.45) is 5.41 Å². The predicted molar refractivity (Wildman–Crippen MR) is 86.5 cm³/mol. The maximum absolute atomic E-state index is 12.7. The lowest BCUT2D eigenvalue weighted by atomic mass is 9.83. The molecule has 0 amide bonds. The van der Waals surface area contributed by atoms with Crippen LogP contribution in [-0.4, -0.2) is 46.0 Å². The van der Waals surface area contributed by atoms with Gasteiger partial charge in [-0.15, -0.1) is 0 Å². The number of hydrogen-bond acceptors (Lipinski definition) is 5. The first-order valence-corrected chi connectivity index (χ1v) is 7.87. The van der Waals surface area contributed by atoms with Gasteiger partial charge in [-0.1, -0.05) is 19.1 Å². The molecule has 0 radical (unpaired) electrons. The molecule has 1 aliphatic heterocycles. The maximum atomic E-state index is 12.7. The number of aliphatic hydroxyl groups is 1. The summed E-state index contributed by atoms with van der Waals surface area (Å²) in [5.41, 5.74) is -0.622. The van der Waals surface area contributed by atoms with Gasteiger partial charge in [-0.3, -0.25) is 0 Å². The molecule has 0 spiro atoms. The van der Waals surface area contributed by atoms with Crippen LogP contribution in [0.5, 0.6) is 0 Å². The van der Waals surface area contributed by atoms with Gasteiger partial charge < -0.3 is 14.6 Å². The molecule has 26 heavy (non-hydrogen) atoms. The zero-order valence-corrected chi connectivity index (χ0v) is 14.0. The fourth-order valence-corrected chi connectivity index (χ4v) is 2.72. The first kappa shape index (κ1) is 18.6. The Hall–Kier alpha value is -2.23. The van der Waals surface area contributed by atoms with Crippen molar-refractivity contribution in [1.29, 1.82) is 0 Å². The molecule has 1 atom stereocenters. The summed E-state index contributed by atoms with van der Waals surface area (Å²) in [6, 6.07) is 4.66. The lowest BCUT2D eigenvalue weighted by molar-refractivity contribution is -0.180. The summed E-state index contributed by atoms with van der Waals surface area (Å²) in [5.74, 6) is 0. The molecule has 6 nitrogen and oxygen atoms in total. The number of rotatable bonds is 4. The molecule has 1 unspecified atom stereocenters. The zero-order valence-electron chi connectivity index (χ0n) is 14.0. The number of benzene rings is 1. The van der Waals surface area contributed by atoms with Gasteiger partial charge in [0.25, 0.3) is 0 Å². The highest BCUT2D eigenvalue weighted by Crippen LogP contribution is 2.33. The average Bonchev–Trinajstić information content (AvgIpc) is 3.14. The highest BCUT2D eigenvalue weighted by Gasteiger charge is 2.39. The van der Waals surface area contributed by atoms with Crippen molar-refractivity contribution in [2.45, 2.75) is 19.2 Å². The van der Waals surface area contributed by atoms with Gasteiger partial charge in [-0.25, -0.2) is 9.67 Å². The third-order valence-corrected chi connectivity index (χ3v) is 4.21. The molecule has 0 aliphatic carbocycles. The van der Waals surface area contributed by atoms with Crippen molar-refractivity contribution in [3.8, 4) is 0 Å². The Morgan fingerprint density at radius 2 is 1.92 bits per heavy atom. The van der Waals surface area contributed by atoms with Crippen LogP contribution in [0.4, 0.5) is 13.2 Å². The van der Waals surface area contributed by atoms with E-state index < -0.39 is 23.3 Å². The Kier molecular flexibility index (Phi) is 5.12. The lowest BCUT2D eigenvalue weighted by Crippen LogP contribution is -2.45. The Labute approximate surface area is 147 Å². The van der Waals surface area contributed by atoms with Crippen molar-refractivity contribution in [3.63, 3.8) is 0 Å². The zero-order chi connectivity index (χ0) is 18.8. The first-order valence-electron chi connectivity index (χ1n) is 7.87.